The molecule has 3 aromatic rings. The lowest BCUT2D eigenvalue weighted by Gasteiger charge is -2.33. The predicted molar refractivity (Wildman–Crippen MR) is 88.1 cm³/mol. The summed E-state index contributed by atoms with van der Waals surface area (Å²) in [6.45, 7) is 1.62. The van der Waals surface area contributed by atoms with Gasteiger partial charge in [-0.3, -0.25) is 10.2 Å². The summed E-state index contributed by atoms with van der Waals surface area (Å²) in [5, 5.41) is 0. The van der Waals surface area contributed by atoms with Crippen molar-refractivity contribution in [3.05, 3.63) is 66.0 Å². The molecule has 4 rings (SSSR count). The largest absolute Gasteiger partial charge is 0.445 e. The van der Waals surface area contributed by atoms with Gasteiger partial charge in [0, 0.05) is 6.42 Å². The third kappa shape index (κ3) is 2.23. The summed E-state index contributed by atoms with van der Waals surface area (Å²) in [5.74, 6) is -0.876. The molecule has 1 amide bonds. The Bertz CT molecular complexity index is 963. The Kier molecular flexibility index (Phi) is 3.13. The van der Waals surface area contributed by atoms with E-state index in [2.05, 4.69) is 10.4 Å². The highest BCUT2D eigenvalue weighted by Crippen LogP contribution is 2.28. The smallest absolute Gasteiger partial charge is 0.339 e. The average molecular weight is 321 g/mol. The van der Waals surface area contributed by atoms with Crippen molar-refractivity contribution < 1.29 is 14.3 Å². The summed E-state index contributed by atoms with van der Waals surface area (Å²) in [6.07, 6.45) is 1.86. The van der Waals surface area contributed by atoms with Crippen LogP contribution in [-0.4, -0.2) is 27.1 Å². The zero-order valence-electron chi connectivity index (χ0n) is 13.0. The van der Waals surface area contributed by atoms with Crippen molar-refractivity contribution in [2.24, 2.45) is 0 Å². The van der Waals surface area contributed by atoms with Crippen LogP contribution in [0.25, 0.3) is 11.0 Å². The molecular formula is C18H15N3O3. The Hall–Kier alpha value is -3.15. The van der Waals surface area contributed by atoms with Crippen molar-refractivity contribution in [3.8, 4) is 0 Å². The highest BCUT2D eigenvalue weighted by Gasteiger charge is 2.42. The maximum absolute atomic E-state index is 12.7. The van der Waals surface area contributed by atoms with Crippen molar-refractivity contribution in [3.63, 3.8) is 0 Å². The Morgan fingerprint density at radius 1 is 1.21 bits per heavy atom. The van der Waals surface area contributed by atoms with Gasteiger partial charge < -0.3 is 4.74 Å². The van der Waals surface area contributed by atoms with E-state index in [0.29, 0.717) is 12.0 Å². The van der Waals surface area contributed by atoms with Crippen LogP contribution in [0.2, 0.25) is 0 Å². The molecule has 0 saturated carbocycles. The number of ether oxygens (including phenoxy) is 1. The van der Waals surface area contributed by atoms with Crippen LogP contribution in [0.5, 0.6) is 0 Å². The molecule has 2 heterocycles. The molecule has 0 unspecified atom stereocenters. The standard InChI is InChI=1S/C18H15N3O3/c1-18(10-12-6-2-3-7-13(12)16(22)24-18)17(23)20-21-11-19-14-8-4-5-9-15(14)21/h2-9,11H,10H2,1H3,(H,20,23)/t18-/m0/s1. The molecule has 1 aromatic heterocycles. The Morgan fingerprint density at radius 3 is 2.83 bits per heavy atom. The zero-order valence-corrected chi connectivity index (χ0v) is 13.0. The van der Waals surface area contributed by atoms with Gasteiger partial charge in [0.1, 0.15) is 6.33 Å². The molecule has 6 nitrogen and oxygen atoms in total. The molecule has 1 aliphatic rings. The fourth-order valence-electron chi connectivity index (χ4n) is 2.94. The number of nitrogens with zero attached hydrogens (tertiary/aromatic N) is 2. The zero-order chi connectivity index (χ0) is 16.7. The number of imidazole rings is 1. The number of cyclic esters (lactones) is 1. The van der Waals surface area contributed by atoms with Gasteiger partial charge in [-0.15, -0.1) is 0 Å². The first-order chi connectivity index (χ1) is 11.6. The first-order valence-corrected chi connectivity index (χ1v) is 7.62. The van der Waals surface area contributed by atoms with Gasteiger partial charge in [-0.1, -0.05) is 30.3 Å². The number of nitrogens with one attached hydrogen (secondary N) is 1. The first kappa shape index (κ1) is 14.4. The minimum absolute atomic E-state index is 0.327. The summed E-state index contributed by atoms with van der Waals surface area (Å²) in [4.78, 5) is 29.2. The Labute approximate surface area is 138 Å². The number of hydrogen-bond acceptors (Lipinski definition) is 4. The normalized spacial score (nSPS) is 19.6. The number of hydrogen-bond donors (Lipinski definition) is 1. The van der Waals surface area contributed by atoms with Gasteiger partial charge in [0.25, 0.3) is 5.91 Å². The summed E-state index contributed by atoms with van der Waals surface area (Å²) in [6, 6.07) is 14.6. The summed E-state index contributed by atoms with van der Waals surface area (Å²) in [5.41, 5.74) is 4.36. The molecule has 0 spiro atoms. The number of esters is 1. The van der Waals surface area contributed by atoms with Gasteiger partial charge in [-0.05, 0) is 30.7 Å². The number of rotatable bonds is 2. The van der Waals surface area contributed by atoms with E-state index in [0.717, 1.165) is 16.6 Å². The number of benzene rings is 2. The molecule has 0 radical (unpaired) electrons. The molecule has 0 saturated heterocycles. The fourth-order valence-corrected chi connectivity index (χ4v) is 2.94. The van der Waals surface area contributed by atoms with Gasteiger partial charge in [-0.25, -0.2) is 14.5 Å². The predicted octanol–water partition coefficient (Wildman–Crippen LogP) is 2.28. The molecule has 6 heteroatoms. The highest BCUT2D eigenvalue weighted by molar-refractivity contribution is 6.00. The third-order valence-electron chi connectivity index (χ3n) is 4.24. The number of amides is 1. The molecule has 0 fully saturated rings. The highest BCUT2D eigenvalue weighted by atomic mass is 16.6. The van der Waals surface area contributed by atoms with Crippen LogP contribution in [0.3, 0.4) is 0 Å². The van der Waals surface area contributed by atoms with E-state index in [4.69, 9.17) is 4.74 Å². The van der Waals surface area contributed by atoms with Gasteiger partial charge in [0.05, 0.1) is 16.6 Å². The molecule has 120 valence electrons. The van der Waals surface area contributed by atoms with E-state index >= 15 is 0 Å². The summed E-state index contributed by atoms with van der Waals surface area (Å²) < 4.78 is 6.98. The van der Waals surface area contributed by atoms with Crippen LogP contribution in [0.15, 0.2) is 54.9 Å². The van der Waals surface area contributed by atoms with Crippen molar-refractivity contribution in [2.75, 3.05) is 5.43 Å². The van der Waals surface area contributed by atoms with Crippen LogP contribution in [0.1, 0.15) is 22.8 Å². The molecule has 24 heavy (non-hydrogen) atoms. The SMILES string of the molecule is C[C@@]1(C(=O)Nn2cnc3ccccc32)Cc2ccccc2C(=O)O1. The maximum atomic E-state index is 12.7. The lowest BCUT2D eigenvalue weighted by Crippen LogP contribution is -2.50. The van der Waals surface area contributed by atoms with E-state index in [9.17, 15) is 9.59 Å². The molecule has 1 aliphatic heterocycles. The number of para-hydroxylation sites is 2. The molecule has 2 aromatic carbocycles. The van der Waals surface area contributed by atoms with Crippen LogP contribution in [0, 0.1) is 0 Å². The van der Waals surface area contributed by atoms with E-state index in [1.807, 2.05) is 36.4 Å². The maximum Gasteiger partial charge on any atom is 0.339 e. The van der Waals surface area contributed by atoms with Crippen LogP contribution in [0.4, 0.5) is 0 Å². The summed E-state index contributed by atoms with van der Waals surface area (Å²) >= 11 is 0. The number of aromatic nitrogens is 2. The van der Waals surface area contributed by atoms with Gasteiger partial charge in [0.15, 0.2) is 5.60 Å². The average Bonchev–Trinajstić information content (AvgIpc) is 2.98. The molecule has 1 atom stereocenters. The number of carbonyl (C=O) groups excluding carboxylic acids is 2. The second kappa shape index (κ2) is 5.19. The minimum atomic E-state index is -1.27. The van der Waals surface area contributed by atoms with Crippen LogP contribution < -0.4 is 5.43 Å². The quantitative estimate of drug-likeness (QED) is 0.735. The summed E-state index contributed by atoms with van der Waals surface area (Å²) in [7, 11) is 0. The van der Waals surface area contributed by atoms with Crippen LogP contribution >= 0.6 is 0 Å². The van der Waals surface area contributed by atoms with E-state index in [1.165, 1.54) is 11.0 Å². The first-order valence-electron chi connectivity index (χ1n) is 7.62. The lowest BCUT2D eigenvalue weighted by atomic mass is 9.89. The monoisotopic (exact) mass is 321 g/mol. The van der Waals surface area contributed by atoms with Crippen molar-refractivity contribution in [1.29, 1.82) is 0 Å². The lowest BCUT2D eigenvalue weighted by molar-refractivity contribution is -0.135. The number of carbonyl (C=O) groups is 2. The van der Waals surface area contributed by atoms with Gasteiger partial charge >= 0.3 is 5.97 Å². The van der Waals surface area contributed by atoms with E-state index in [-0.39, 0.29) is 0 Å². The van der Waals surface area contributed by atoms with Crippen molar-refractivity contribution in [1.82, 2.24) is 9.66 Å². The topological polar surface area (TPSA) is 73.2 Å². The van der Waals surface area contributed by atoms with E-state index < -0.39 is 17.5 Å². The van der Waals surface area contributed by atoms with Crippen molar-refractivity contribution >= 4 is 22.9 Å². The van der Waals surface area contributed by atoms with E-state index in [1.54, 1.807) is 19.1 Å². The number of fused-ring (bicyclic) bond motifs is 2. The molecule has 0 bridgehead atoms. The Balaban J connectivity index is 1.64. The molecule has 1 N–H and O–H groups in total. The van der Waals surface area contributed by atoms with Crippen molar-refractivity contribution in [2.45, 2.75) is 18.9 Å². The minimum Gasteiger partial charge on any atom is -0.445 e. The molecule has 0 aliphatic carbocycles. The van der Waals surface area contributed by atoms with Gasteiger partial charge in [-0.2, -0.15) is 0 Å². The Morgan fingerprint density at radius 2 is 1.96 bits per heavy atom. The fraction of sp³-hybridized carbons (Fsp3) is 0.167. The van der Waals surface area contributed by atoms with Gasteiger partial charge in [0.2, 0.25) is 0 Å². The second-order valence-electron chi connectivity index (χ2n) is 6.00. The molecular weight excluding hydrogens is 306 g/mol. The third-order valence-corrected chi connectivity index (χ3v) is 4.24. The second-order valence-corrected chi connectivity index (χ2v) is 6.00. The van der Waals surface area contributed by atoms with Crippen LogP contribution in [-0.2, 0) is 16.0 Å².